The van der Waals surface area contributed by atoms with E-state index in [1.54, 1.807) is 30.3 Å². The van der Waals surface area contributed by atoms with E-state index in [1.165, 1.54) is 22.8 Å². The Kier molecular flexibility index (Phi) is 6.23. The van der Waals surface area contributed by atoms with Crippen LogP contribution in [0.4, 0.5) is 11.5 Å². The summed E-state index contributed by atoms with van der Waals surface area (Å²) in [4.78, 5) is 27.2. The van der Waals surface area contributed by atoms with Crippen LogP contribution in [-0.2, 0) is 16.6 Å². The van der Waals surface area contributed by atoms with Gasteiger partial charge in [-0.15, -0.1) is 0 Å². The highest BCUT2D eigenvalue weighted by molar-refractivity contribution is 7.88. The predicted octanol–water partition coefficient (Wildman–Crippen LogP) is 2.23. The first-order valence-electron chi connectivity index (χ1n) is 9.14. The molecule has 0 N–H and O–H groups in total. The number of hydrogen-bond donors (Lipinski definition) is 0. The number of piperidine rings is 1. The van der Waals surface area contributed by atoms with E-state index in [0.29, 0.717) is 37.3 Å². The zero-order valence-electron chi connectivity index (χ0n) is 16.0. The average molecular weight is 418 g/mol. The van der Waals surface area contributed by atoms with Crippen molar-refractivity contribution in [2.75, 3.05) is 24.2 Å². The van der Waals surface area contributed by atoms with E-state index < -0.39 is 14.9 Å². The van der Waals surface area contributed by atoms with Crippen LogP contribution < -0.4 is 4.90 Å². The third-order valence-corrected chi connectivity index (χ3v) is 6.30. The SMILES string of the molecule is CS(=O)(=O)N(Cc1ccc(C=O)cc1)C1CCN(c2ccc([N+](=O)[O-])cn2)CC1. The second-order valence-corrected chi connectivity index (χ2v) is 8.95. The molecular weight excluding hydrogens is 396 g/mol. The molecule has 0 radical (unpaired) electrons. The zero-order valence-corrected chi connectivity index (χ0v) is 16.8. The van der Waals surface area contributed by atoms with Gasteiger partial charge >= 0.3 is 0 Å². The lowest BCUT2D eigenvalue weighted by Gasteiger charge is -2.37. The Labute approximate surface area is 169 Å². The maximum absolute atomic E-state index is 12.4. The number of aromatic nitrogens is 1. The fraction of sp³-hybridized carbons (Fsp3) is 0.368. The summed E-state index contributed by atoms with van der Waals surface area (Å²) < 4.78 is 26.3. The van der Waals surface area contributed by atoms with Gasteiger partial charge in [-0.2, -0.15) is 4.31 Å². The monoisotopic (exact) mass is 418 g/mol. The third kappa shape index (κ3) is 5.15. The van der Waals surface area contributed by atoms with E-state index >= 15 is 0 Å². The molecule has 1 aliphatic heterocycles. The summed E-state index contributed by atoms with van der Waals surface area (Å²) in [5.41, 5.74) is 1.30. The second-order valence-electron chi connectivity index (χ2n) is 7.02. The van der Waals surface area contributed by atoms with E-state index in [9.17, 15) is 23.3 Å². The van der Waals surface area contributed by atoms with Crippen LogP contribution in [0, 0.1) is 10.1 Å². The standard InChI is InChI=1S/C19H22N4O5S/c1-29(27,28)22(13-15-2-4-16(14-24)5-3-15)17-8-10-21(11-9-17)19-7-6-18(12-20-19)23(25)26/h2-7,12,14,17H,8-11,13H2,1H3. The molecule has 1 fully saturated rings. The van der Waals surface area contributed by atoms with Crippen molar-refractivity contribution in [2.45, 2.75) is 25.4 Å². The van der Waals surface area contributed by atoms with Crippen LogP contribution in [0.25, 0.3) is 0 Å². The van der Waals surface area contributed by atoms with Gasteiger partial charge in [0.1, 0.15) is 18.3 Å². The molecule has 0 bridgehead atoms. The predicted molar refractivity (Wildman–Crippen MR) is 108 cm³/mol. The minimum atomic E-state index is -3.42. The van der Waals surface area contributed by atoms with Crippen LogP contribution >= 0.6 is 0 Å². The van der Waals surface area contributed by atoms with E-state index in [-0.39, 0.29) is 18.3 Å². The number of nitro groups is 1. The largest absolute Gasteiger partial charge is 0.356 e. The first kappa shape index (κ1) is 20.9. The van der Waals surface area contributed by atoms with Crippen molar-refractivity contribution in [3.05, 3.63) is 63.8 Å². The molecule has 1 aromatic carbocycles. The molecular formula is C19H22N4O5S. The summed E-state index contributed by atoms with van der Waals surface area (Å²) in [6, 6.07) is 9.75. The van der Waals surface area contributed by atoms with Gasteiger partial charge < -0.3 is 4.90 Å². The summed E-state index contributed by atoms with van der Waals surface area (Å²) in [6.45, 7) is 1.45. The van der Waals surface area contributed by atoms with Gasteiger partial charge in [-0.1, -0.05) is 24.3 Å². The zero-order chi connectivity index (χ0) is 21.0. The van der Waals surface area contributed by atoms with Crippen LogP contribution in [-0.4, -0.2) is 54.3 Å². The molecule has 0 saturated carbocycles. The average Bonchev–Trinajstić information content (AvgIpc) is 2.72. The fourth-order valence-corrected chi connectivity index (χ4v) is 4.59. The van der Waals surface area contributed by atoms with Crippen molar-refractivity contribution >= 4 is 27.8 Å². The third-order valence-electron chi connectivity index (χ3n) is 5.02. The van der Waals surface area contributed by atoms with Gasteiger partial charge in [-0.05, 0) is 24.5 Å². The fourth-order valence-electron chi connectivity index (χ4n) is 3.45. The molecule has 2 heterocycles. The Morgan fingerprint density at radius 2 is 1.86 bits per heavy atom. The quantitative estimate of drug-likeness (QED) is 0.385. The van der Waals surface area contributed by atoms with Crippen LogP contribution in [0.3, 0.4) is 0 Å². The topological polar surface area (TPSA) is 114 Å². The van der Waals surface area contributed by atoms with Crippen molar-refractivity contribution in [3.8, 4) is 0 Å². The van der Waals surface area contributed by atoms with E-state index in [2.05, 4.69) is 4.98 Å². The molecule has 2 aromatic rings. The Bertz CT molecular complexity index is 969. The van der Waals surface area contributed by atoms with Crippen LogP contribution in [0.5, 0.6) is 0 Å². The number of aldehydes is 1. The van der Waals surface area contributed by atoms with Crippen molar-refractivity contribution in [2.24, 2.45) is 0 Å². The summed E-state index contributed by atoms with van der Waals surface area (Å²) in [5.74, 6) is 0.643. The van der Waals surface area contributed by atoms with Crippen molar-refractivity contribution in [1.82, 2.24) is 9.29 Å². The second kappa shape index (κ2) is 8.66. The number of hydrogen-bond acceptors (Lipinski definition) is 7. The van der Waals surface area contributed by atoms with Gasteiger partial charge in [0.15, 0.2) is 0 Å². The Morgan fingerprint density at radius 3 is 2.34 bits per heavy atom. The minimum absolute atomic E-state index is 0.0625. The number of carbonyl (C=O) groups is 1. The van der Waals surface area contributed by atoms with Gasteiger partial charge in [0, 0.05) is 37.3 Å². The molecule has 0 amide bonds. The van der Waals surface area contributed by atoms with Crippen LogP contribution in [0.2, 0.25) is 0 Å². The van der Waals surface area contributed by atoms with Gasteiger partial charge in [0.05, 0.1) is 11.2 Å². The first-order valence-corrected chi connectivity index (χ1v) is 11.0. The molecule has 0 aliphatic carbocycles. The highest BCUT2D eigenvalue weighted by Gasteiger charge is 2.30. The summed E-state index contributed by atoms with van der Waals surface area (Å²) in [7, 11) is -3.42. The molecule has 0 unspecified atom stereocenters. The number of rotatable bonds is 7. The number of sulfonamides is 1. The van der Waals surface area contributed by atoms with Gasteiger partial charge in [0.25, 0.3) is 5.69 Å². The van der Waals surface area contributed by atoms with E-state index in [0.717, 1.165) is 11.8 Å². The van der Waals surface area contributed by atoms with Gasteiger partial charge in [0.2, 0.25) is 10.0 Å². The summed E-state index contributed by atoms with van der Waals surface area (Å²) in [6.07, 6.45) is 4.43. The Morgan fingerprint density at radius 1 is 1.21 bits per heavy atom. The lowest BCUT2D eigenvalue weighted by atomic mass is 10.0. The van der Waals surface area contributed by atoms with Crippen LogP contribution in [0.1, 0.15) is 28.8 Å². The molecule has 1 aromatic heterocycles. The molecule has 29 heavy (non-hydrogen) atoms. The maximum Gasteiger partial charge on any atom is 0.287 e. The molecule has 0 atom stereocenters. The first-order chi connectivity index (χ1) is 13.8. The van der Waals surface area contributed by atoms with E-state index in [4.69, 9.17) is 0 Å². The number of benzene rings is 1. The molecule has 3 rings (SSSR count). The minimum Gasteiger partial charge on any atom is -0.356 e. The number of carbonyl (C=O) groups excluding carboxylic acids is 1. The molecule has 10 heteroatoms. The van der Waals surface area contributed by atoms with Gasteiger partial charge in [-0.25, -0.2) is 13.4 Å². The summed E-state index contributed by atoms with van der Waals surface area (Å²) in [5, 5.41) is 10.8. The summed E-state index contributed by atoms with van der Waals surface area (Å²) >= 11 is 0. The van der Waals surface area contributed by atoms with Crippen LogP contribution in [0.15, 0.2) is 42.6 Å². The lowest BCUT2D eigenvalue weighted by molar-refractivity contribution is -0.385. The molecule has 0 spiro atoms. The normalized spacial score (nSPS) is 15.4. The number of pyridine rings is 1. The Balaban J connectivity index is 1.68. The number of nitrogens with zero attached hydrogens (tertiary/aromatic N) is 4. The van der Waals surface area contributed by atoms with Crippen molar-refractivity contribution in [1.29, 1.82) is 0 Å². The van der Waals surface area contributed by atoms with Gasteiger partial charge in [-0.3, -0.25) is 14.9 Å². The molecule has 9 nitrogen and oxygen atoms in total. The van der Waals surface area contributed by atoms with Crippen molar-refractivity contribution in [3.63, 3.8) is 0 Å². The van der Waals surface area contributed by atoms with E-state index in [1.807, 2.05) is 4.90 Å². The Hall–Kier alpha value is -2.85. The molecule has 154 valence electrons. The van der Waals surface area contributed by atoms with Crippen molar-refractivity contribution < 1.29 is 18.1 Å². The number of anilines is 1. The highest BCUT2D eigenvalue weighted by atomic mass is 32.2. The molecule has 1 aliphatic rings. The lowest BCUT2D eigenvalue weighted by Crippen LogP contribution is -2.47. The maximum atomic E-state index is 12.4. The highest BCUT2D eigenvalue weighted by Crippen LogP contribution is 2.25. The molecule has 1 saturated heterocycles. The smallest absolute Gasteiger partial charge is 0.287 e.